The molecule has 0 fully saturated rings. The van der Waals surface area contributed by atoms with Crippen molar-refractivity contribution >= 4 is 22.7 Å². The molecule has 1 atom stereocenters. The van der Waals surface area contributed by atoms with Crippen LogP contribution >= 0.6 is 0 Å². The molecule has 0 saturated heterocycles. The lowest BCUT2D eigenvalue weighted by atomic mass is 9.68. The number of para-hydroxylation sites is 1. The largest absolute Gasteiger partial charge is 0.378 e. The first-order valence-electron chi connectivity index (χ1n) is 9.25. The zero-order valence-electron chi connectivity index (χ0n) is 16.0. The zero-order valence-corrected chi connectivity index (χ0v) is 16.0. The Morgan fingerprint density at radius 2 is 1.69 bits per heavy atom. The summed E-state index contributed by atoms with van der Waals surface area (Å²) in [6.07, 6.45) is 1.56. The molecular formula is C23H26N2O. The molecular weight excluding hydrogens is 320 g/mol. The second-order valence-electron chi connectivity index (χ2n) is 8.45. The van der Waals surface area contributed by atoms with Crippen LogP contribution < -0.4 is 10.2 Å². The number of carbonyl (C=O) groups is 1. The van der Waals surface area contributed by atoms with Crippen LogP contribution in [0.25, 0.3) is 5.57 Å². The van der Waals surface area contributed by atoms with Gasteiger partial charge >= 0.3 is 0 Å². The Morgan fingerprint density at radius 1 is 1.00 bits per heavy atom. The van der Waals surface area contributed by atoms with Gasteiger partial charge in [0.25, 0.3) is 0 Å². The molecule has 0 bridgehead atoms. The first-order chi connectivity index (χ1) is 12.4. The number of anilines is 2. The number of hydrogen-bond acceptors (Lipinski definition) is 3. The van der Waals surface area contributed by atoms with Crippen LogP contribution in [0.5, 0.6) is 0 Å². The summed E-state index contributed by atoms with van der Waals surface area (Å²) in [6, 6.07) is 16.9. The van der Waals surface area contributed by atoms with Gasteiger partial charge in [-0.3, -0.25) is 4.79 Å². The average Bonchev–Trinajstić information content (AvgIpc) is 2.59. The summed E-state index contributed by atoms with van der Waals surface area (Å²) in [5.74, 6) is 0.278. The van der Waals surface area contributed by atoms with Gasteiger partial charge in [0.15, 0.2) is 5.78 Å². The number of benzene rings is 2. The predicted molar refractivity (Wildman–Crippen MR) is 109 cm³/mol. The van der Waals surface area contributed by atoms with Crippen LogP contribution in [0.3, 0.4) is 0 Å². The molecule has 1 heterocycles. The normalized spacial score (nSPS) is 20.9. The number of nitrogens with one attached hydrogen (secondary N) is 1. The van der Waals surface area contributed by atoms with Gasteiger partial charge in [-0.05, 0) is 41.2 Å². The maximum absolute atomic E-state index is 13.0. The topological polar surface area (TPSA) is 32.3 Å². The summed E-state index contributed by atoms with van der Waals surface area (Å²) in [4.78, 5) is 15.1. The highest BCUT2D eigenvalue weighted by molar-refractivity contribution is 6.24. The number of carbonyl (C=O) groups excluding carboxylic acids is 1. The van der Waals surface area contributed by atoms with E-state index in [1.165, 1.54) is 16.8 Å². The van der Waals surface area contributed by atoms with Gasteiger partial charge in [-0.25, -0.2) is 0 Å². The maximum Gasteiger partial charge on any atom is 0.164 e. The van der Waals surface area contributed by atoms with E-state index in [0.717, 1.165) is 23.2 Å². The summed E-state index contributed by atoms with van der Waals surface area (Å²) in [5.41, 5.74) is 6.70. The van der Waals surface area contributed by atoms with E-state index in [1.807, 2.05) is 26.2 Å². The molecule has 1 aliphatic heterocycles. The summed E-state index contributed by atoms with van der Waals surface area (Å²) in [5, 5.41) is 3.70. The Balaban J connectivity index is 1.85. The Kier molecular flexibility index (Phi) is 3.91. The van der Waals surface area contributed by atoms with Gasteiger partial charge in [-0.15, -0.1) is 0 Å². The molecule has 0 aromatic heterocycles. The molecule has 3 heteroatoms. The minimum absolute atomic E-state index is 0.00566. The quantitative estimate of drug-likeness (QED) is 0.825. The standard InChI is InChI=1S/C23H26N2O/c1-23(2)13-18-21(20(26)14-23)17-7-5-6-8-19(17)24-22(18)15-9-11-16(12-10-15)25(3)4/h5-12,22,24H,13-14H2,1-4H3. The first kappa shape index (κ1) is 16.9. The van der Waals surface area contributed by atoms with Crippen molar-refractivity contribution in [1.29, 1.82) is 0 Å². The minimum Gasteiger partial charge on any atom is -0.378 e. The van der Waals surface area contributed by atoms with Gasteiger partial charge in [0.05, 0.1) is 6.04 Å². The fourth-order valence-corrected chi connectivity index (χ4v) is 4.26. The fraction of sp³-hybridized carbons (Fsp3) is 0.348. The summed E-state index contributed by atoms with van der Waals surface area (Å²) < 4.78 is 0. The smallest absolute Gasteiger partial charge is 0.164 e. The van der Waals surface area contributed by atoms with Crippen LogP contribution in [-0.2, 0) is 4.79 Å². The summed E-state index contributed by atoms with van der Waals surface area (Å²) in [6.45, 7) is 4.39. The van der Waals surface area contributed by atoms with Crippen molar-refractivity contribution in [3.8, 4) is 0 Å². The van der Waals surface area contributed by atoms with E-state index in [0.29, 0.717) is 6.42 Å². The summed E-state index contributed by atoms with van der Waals surface area (Å²) >= 11 is 0. The van der Waals surface area contributed by atoms with E-state index < -0.39 is 0 Å². The van der Waals surface area contributed by atoms with E-state index in [9.17, 15) is 4.79 Å². The van der Waals surface area contributed by atoms with E-state index in [2.05, 4.69) is 60.5 Å². The van der Waals surface area contributed by atoms with Crippen molar-refractivity contribution in [2.45, 2.75) is 32.7 Å². The number of Topliss-reactive ketones (excluding diaryl/α,β-unsaturated/α-hetero) is 1. The SMILES string of the molecule is CN(C)c1ccc(C2Nc3ccccc3C3=C2CC(C)(C)CC3=O)cc1. The van der Waals surface area contributed by atoms with Crippen LogP contribution in [0.1, 0.15) is 43.9 Å². The predicted octanol–water partition coefficient (Wildman–Crippen LogP) is 5.06. The third-order valence-corrected chi connectivity index (χ3v) is 5.50. The van der Waals surface area contributed by atoms with Crippen molar-refractivity contribution in [1.82, 2.24) is 0 Å². The first-order valence-corrected chi connectivity index (χ1v) is 9.25. The molecule has 0 saturated carbocycles. The van der Waals surface area contributed by atoms with E-state index >= 15 is 0 Å². The van der Waals surface area contributed by atoms with E-state index in [1.54, 1.807) is 0 Å². The number of rotatable bonds is 2. The van der Waals surface area contributed by atoms with Crippen LogP contribution in [0, 0.1) is 5.41 Å². The molecule has 3 nitrogen and oxygen atoms in total. The van der Waals surface area contributed by atoms with Crippen molar-refractivity contribution in [3.05, 3.63) is 65.2 Å². The molecule has 1 N–H and O–H groups in total. The highest BCUT2D eigenvalue weighted by Gasteiger charge is 2.39. The van der Waals surface area contributed by atoms with Gasteiger partial charge in [0.2, 0.25) is 0 Å². The molecule has 0 spiro atoms. The maximum atomic E-state index is 13.0. The Morgan fingerprint density at radius 3 is 2.38 bits per heavy atom. The molecule has 2 aromatic carbocycles. The number of ketones is 1. The zero-order chi connectivity index (χ0) is 18.5. The van der Waals surface area contributed by atoms with Crippen molar-refractivity contribution < 1.29 is 4.79 Å². The minimum atomic E-state index is 0.00566. The molecule has 0 radical (unpaired) electrons. The fourth-order valence-electron chi connectivity index (χ4n) is 4.26. The average molecular weight is 346 g/mol. The van der Waals surface area contributed by atoms with E-state index in [-0.39, 0.29) is 17.2 Å². The van der Waals surface area contributed by atoms with Gasteiger partial charge < -0.3 is 10.2 Å². The lowest BCUT2D eigenvalue weighted by molar-refractivity contribution is -0.116. The van der Waals surface area contributed by atoms with Gasteiger partial charge in [0.1, 0.15) is 0 Å². The van der Waals surface area contributed by atoms with Gasteiger partial charge in [-0.1, -0.05) is 44.2 Å². The van der Waals surface area contributed by atoms with Crippen molar-refractivity contribution in [2.24, 2.45) is 5.41 Å². The highest BCUT2D eigenvalue weighted by atomic mass is 16.1. The molecule has 1 unspecified atom stereocenters. The molecule has 134 valence electrons. The number of allylic oxidation sites excluding steroid dienone is 1. The monoisotopic (exact) mass is 346 g/mol. The second kappa shape index (κ2) is 6.01. The Labute approximate surface area is 155 Å². The molecule has 2 aliphatic rings. The molecule has 1 aliphatic carbocycles. The number of fused-ring (bicyclic) bond motifs is 2. The third-order valence-electron chi connectivity index (χ3n) is 5.50. The second-order valence-corrected chi connectivity index (χ2v) is 8.45. The van der Waals surface area contributed by atoms with Crippen LogP contribution in [-0.4, -0.2) is 19.9 Å². The van der Waals surface area contributed by atoms with Gasteiger partial charge in [0, 0.05) is 43.0 Å². The van der Waals surface area contributed by atoms with Gasteiger partial charge in [-0.2, -0.15) is 0 Å². The van der Waals surface area contributed by atoms with Crippen molar-refractivity contribution in [2.75, 3.05) is 24.3 Å². The van der Waals surface area contributed by atoms with Crippen LogP contribution in [0.4, 0.5) is 11.4 Å². The number of hydrogen-bond donors (Lipinski definition) is 1. The summed E-state index contributed by atoms with van der Waals surface area (Å²) in [7, 11) is 4.10. The lowest BCUT2D eigenvalue weighted by Gasteiger charge is -2.40. The van der Waals surface area contributed by atoms with E-state index in [4.69, 9.17) is 0 Å². The lowest BCUT2D eigenvalue weighted by Crippen LogP contribution is -2.32. The van der Waals surface area contributed by atoms with Crippen LogP contribution in [0.2, 0.25) is 0 Å². The van der Waals surface area contributed by atoms with Crippen LogP contribution in [0.15, 0.2) is 54.1 Å². The Hall–Kier alpha value is -2.55. The third kappa shape index (κ3) is 2.82. The highest BCUT2D eigenvalue weighted by Crippen LogP contribution is 2.50. The molecule has 26 heavy (non-hydrogen) atoms. The molecule has 4 rings (SSSR count). The molecule has 0 amide bonds. The molecule has 2 aromatic rings. The van der Waals surface area contributed by atoms with Crippen molar-refractivity contribution in [3.63, 3.8) is 0 Å². The number of nitrogens with zero attached hydrogens (tertiary/aromatic N) is 1. The Bertz CT molecular complexity index is 891.